The van der Waals surface area contributed by atoms with Gasteiger partial charge in [0.05, 0.1) is 31.4 Å². The molecule has 0 aliphatic carbocycles. The fourth-order valence-corrected chi connectivity index (χ4v) is 2.50. The molecule has 1 unspecified atom stereocenters. The van der Waals surface area contributed by atoms with Gasteiger partial charge >= 0.3 is 5.97 Å². The van der Waals surface area contributed by atoms with Gasteiger partial charge in [-0.3, -0.25) is 4.79 Å². The zero-order valence-corrected chi connectivity index (χ0v) is 14.3. The molecule has 0 heterocycles. The molecular weight excluding hydrogens is 358 g/mol. The zero-order valence-electron chi connectivity index (χ0n) is 12.7. The number of nitrogens with one attached hydrogen (secondary N) is 1. The number of amides is 1. The third kappa shape index (κ3) is 3.62. The van der Waals surface area contributed by atoms with Crippen LogP contribution in [0, 0.1) is 0 Å². The number of halogens is 1. The zero-order chi connectivity index (χ0) is 16.9. The third-order valence-electron chi connectivity index (χ3n) is 3.03. The first-order valence-corrected chi connectivity index (χ1v) is 7.22. The number of ether oxygens (including phenoxy) is 3. The maximum atomic E-state index is 12.3. The number of hydrogen-bond donors (Lipinski definition) is 2. The Hall–Kier alpha value is -1.96. The fraction of sp³-hybridized carbons (Fsp3) is 0.429. The summed E-state index contributed by atoms with van der Waals surface area (Å²) in [6.07, 6.45) is 0.267. The van der Waals surface area contributed by atoms with Gasteiger partial charge in [0.15, 0.2) is 11.5 Å². The van der Waals surface area contributed by atoms with Crippen LogP contribution in [0.4, 0.5) is 0 Å². The number of hydrogen-bond acceptors (Lipinski definition) is 5. The molecule has 2 N–H and O–H groups in total. The van der Waals surface area contributed by atoms with Crippen LogP contribution in [0.25, 0.3) is 0 Å². The molecule has 22 heavy (non-hydrogen) atoms. The summed E-state index contributed by atoms with van der Waals surface area (Å²) >= 11 is 3.28. The minimum atomic E-state index is -1.10. The molecule has 1 aromatic rings. The lowest BCUT2D eigenvalue weighted by atomic mass is 10.1. The number of benzene rings is 1. The van der Waals surface area contributed by atoms with Crippen LogP contribution in [0.15, 0.2) is 10.5 Å². The highest BCUT2D eigenvalue weighted by Gasteiger charge is 2.25. The smallest absolute Gasteiger partial charge is 0.326 e. The predicted octanol–water partition coefficient (Wildman–Crippen LogP) is 2.07. The van der Waals surface area contributed by atoms with Gasteiger partial charge in [-0.05, 0) is 28.4 Å². The van der Waals surface area contributed by atoms with E-state index in [0.29, 0.717) is 16.0 Å². The van der Waals surface area contributed by atoms with Crippen LogP contribution in [-0.4, -0.2) is 44.4 Å². The fourth-order valence-electron chi connectivity index (χ4n) is 1.86. The van der Waals surface area contributed by atoms with Gasteiger partial charge in [-0.25, -0.2) is 4.79 Å². The van der Waals surface area contributed by atoms with E-state index in [0.717, 1.165) is 0 Å². The summed E-state index contributed by atoms with van der Waals surface area (Å²) in [5.41, 5.74) is 0.189. The van der Waals surface area contributed by atoms with Crippen LogP contribution in [0.3, 0.4) is 0 Å². The standard InChI is InChI=1S/C14H18BrNO6/c1-5-8(14(18)19)16-13(17)7-6-9(20-2)11(21-3)12(22-4)10(7)15/h6,8H,5H2,1-4H3,(H,16,17)(H,18,19). The van der Waals surface area contributed by atoms with E-state index in [-0.39, 0.29) is 17.7 Å². The highest BCUT2D eigenvalue weighted by molar-refractivity contribution is 9.10. The van der Waals surface area contributed by atoms with E-state index in [1.54, 1.807) is 6.92 Å². The molecule has 0 aliphatic heterocycles. The Morgan fingerprint density at radius 3 is 2.23 bits per heavy atom. The molecule has 1 atom stereocenters. The summed E-state index contributed by atoms with van der Waals surface area (Å²) in [6.45, 7) is 1.67. The van der Waals surface area contributed by atoms with Crippen LogP contribution in [0.1, 0.15) is 23.7 Å². The Balaban J connectivity index is 3.29. The van der Waals surface area contributed by atoms with E-state index in [4.69, 9.17) is 19.3 Å². The molecule has 1 amide bonds. The topological polar surface area (TPSA) is 94.1 Å². The molecule has 7 nitrogen and oxygen atoms in total. The van der Waals surface area contributed by atoms with E-state index in [9.17, 15) is 9.59 Å². The number of carboxylic acid groups (broad SMARTS) is 1. The highest BCUT2D eigenvalue weighted by Crippen LogP contribution is 2.44. The van der Waals surface area contributed by atoms with E-state index in [2.05, 4.69) is 21.2 Å². The highest BCUT2D eigenvalue weighted by atomic mass is 79.9. The average molecular weight is 376 g/mol. The minimum Gasteiger partial charge on any atom is -0.493 e. The molecule has 1 aromatic carbocycles. The van der Waals surface area contributed by atoms with Crippen LogP contribution in [-0.2, 0) is 4.79 Å². The van der Waals surface area contributed by atoms with Crippen molar-refractivity contribution in [3.05, 3.63) is 16.1 Å². The van der Waals surface area contributed by atoms with Crippen LogP contribution < -0.4 is 19.5 Å². The first-order valence-electron chi connectivity index (χ1n) is 6.43. The first kappa shape index (κ1) is 18.1. The van der Waals surface area contributed by atoms with Gasteiger partial charge < -0.3 is 24.6 Å². The predicted molar refractivity (Wildman–Crippen MR) is 83.0 cm³/mol. The van der Waals surface area contributed by atoms with Gasteiger partial charge in [0, 0.05) is 0 Å². The maximum Gasteiger partial charge on any atom is 0.326 e. The van der Waals surface area contributed by atoms with Crippen molar-refractivity contribution >= 4 is 27.8 Å². The van der Waals surface area contributed by atoms with Crippen molar-refractivity contribution in [1.29, 1.82) is 0 Å². The normalized spacial score (nSPS) is 11.5. The van der Waals surface area contributed by atoms with Gasteiger partial charge in [-0.2, -0.15) is 0 Å². The average Bonchev–Trinajstić information content (AvgIpc) is 2.51. The summed E-state index contributed by atoms with van der Waals surface area (Å²) in [6, 6.07) is 0.480. The van der Waals surface area contributed by atoms with Crippen LogP contribution >= 0.6 is 15.9 Å². The molecule has 0 fully saturated rings. The number of carbonyl (C=O) groups excluding carboxylic acids is 1. The second-order valence-electron chi connectivity index (χ2n) is 4.28. The van der Waals surface area contributed by atoms with Crippen molar-refractivity contribution in [3.8, 4) is 17.2 Å². The Labute approximate surface area is 136 Å². The van der Waals surface area contributed by atoms with Crippen molar-refractivity contribution in [3.63, 3.8) is 0 Å². The maximum absolute atomic E-state index is 12.3. The first-order chi connectivity index (χ1) is 10.4. The van der Waals surface area contributed by atoms with Crippen molar-refractivity contribution in [2.24, 2.45) is 0 Å². The monoisotopic (exact) mass is 375 g/mol. The van der Waals surface area contributed by atoms with E-state index in [1.165, 1.54) is 27.4 Å². The lowest BCUT2D eigenvalue weighted by Gasteiger charge is -2.18. The quantitative estimate of drug-likeness (QED) is 0.757. The van der Waals surface area contributed by atoms with Crippen molar-refractivity contribution in [1.82, 2.24) is 5.32 Å². The van der Waals surface area contributed by atoms with E-state index >= 15 is 0 Å². The second kappa shape index (κ2) is 7.88. The molecule has 122 valence electrons. The van der Waals surface area contributed by atoms with Crippen molar-refractivity contribution in [2.45, 2.75) is 19.4 Å². The largest absolute Gasteiger partial charge is 0.493 e. The second-order valence-corrected chi connectivity index (χ2v) is 5.07. The number of carboxylic acids is 1. The summed E-state index contributed by atoms with van der Waals surface area (Å²) in [4.78, 5) is 23.4. The number of aliphatic carboxylic acids is 1. The molecule has 0 aromatic heterocycles. The Morgan fingerprint density at radius 1 is 1.23 bits per heavy atom. The minimum absolute atomic E-state index is 0.189. The summed E-state index contributed by atoms with van der Waals surface area (Å²) < 4.78 is 16.0. The van der Waals surface area contributed by atoms with E-state index < -0.39 is 17.9 Å². The molecule has 1 rings (SSSR count). The molecule has 0 bridgehead atoms. The summed E-state index contributed by atoms with van der Waals surface area (Å²) in [5, 5.41) is 11.5. The SMILES string of the molecule is CCC(NC(=O)c1cc(OC)c(OC)c(OC)c1Br)C(=O)O. The Morgan fingerprint density at radius 2 is 1.82 bits per heavy atom. The molecule has 0 aliphatic rings. The van der Waals surface area contributed by atoms with Gasteiger partial charge in [-0.1, -0.05) is 6.92 Å². The molecule has 8 heteroatoms. The van der Waals surface area contributed by atoms with Gasteiger partial charge in [0.1, 0.15) is 6.04 Å². The molecule has 0 saturated carbocycles. The van der Waals surface area contributed by atoms with Crippen LogP contribution in [0.5, 0.6) is 17.2 Å². The third-order valence-corrected chi connectivity index (χ3v) is 3.81. The Kier molecular flexibility index (Phi) is 6.48. The van der Waals surface area contributed by atoms with Crippen molar-refractivity contribution in [2.75, 3.05) is 21.3 Å². The number of carbonyl (C=O) groups is 2. The van der Waals surface area contributed by atoms with Gasteiger partial charge in [0.25, 0.3) is 5.91 Å². The Bertz CT molecular complexity index is 575. The number of methoxy groups -OCH3 is 3. The number of rotatable bonds is 7. The van der Waals surface area contributed by atoms with E-state index in [1.807, 2.05) is 0 Å². The lowest BCUT2D eigenvalue weighted by Crippen LogP contribution is -2.40. The van der Waals surface area contributed by atoms with Crippen molar-refractivity contribution < 1.29 is 28.9 Å². The lowest BCUT2D eigenvalue weighted by molar-refractivity contribution is -0.139. The summed E-state index contributed by atoms with van der Waals surface area (Å²) in [5.74, 6) is -0.732. The van der Waals surface area contributed by atoms with Gasteiger partial charge in [0.2, 0.25) is 5.75 Å². The molecule has 0 spiro atoms. The van der Waals surface area contributed by atoms with Crippen LogP contribution in [0.2, 0.25) is 0 Å². The summed E-state index contributed by atoms with van der Waals surface area (Å²) in [7, 11) is 4.30. The van der Waals surface area contributed by atoms with Gasteiger partial charge in [-0.15, -0.1) is 0 Å². The molecule has 0 saturated heterocycles. The molecule has 0 radical (unpaired) electrons. The molecular formula is C14H18BrNO6.